The number of nitrogens with one attached hydrogen (secondary N) is 1. The maximum Gasteiger partial charge on any atom is 0.228 e. The first-order valence-corrected chi connectivity index (χ1v) is 13.0. The first-order valence-electron chi connectivity index (χ1n) is 13.0. The molecular weight excluding hydrogens is 406 g/mol. The molecule has 0 aliphatic carbocycles. The van der Waals surface area contributed by atoms with Crippen molar-refractivity contribution in [2.75, 3.05) is 5.32 Å². The summed E-state index contributed by atoms with van der Waals surface area (Å²) in [7, 11) is 0. The van der Waals surface area contributed by atoms with E-state index in [0.717, 1.165) is 24.1 Å². The van der Waals surface area contributed by atoms with Crippen molar-refractivity contribution < 1.29 is 4.79 Å². The highest BCUT2D eigenvalue weighted by atomic mass is 16.1. The SMILES string of the molecule is CCCCC(c1cccc2c1CC(Cc1cccc(CN)c1)C(=O)N2)N1C(C)CCCC1C. The van der Waals surface area contributed by atoms with Gasteiger partial charge in [-0.25, -0.2) is 0 Å². The number of nitrogens with two attached hydrogens (primary N) is 1. The number of rotatable bonds is 8. The highest BCUT2D eigenvalue weighted by molar-refractivity contribution is 5.96. The Bertz CT molecular complexity index is 946. The monoisotopic (exact) mass is 447 g/mol. The third-order valence-corrected chi connectivity index (χ3v) is 7.81. The van der Waals surface area contributed by atoms with Crippen molar-refractivity contribution in [2.24, 2.45) is 11.7 Å². The van der Waals surface area contributed by atoms with Gasteiger partial charge in [-0.3, -0.25) is 9.69 Å². The van der Waals surface area contributed by atoms with E-state index in [-0.39, 0.29) is 11.8 Å². The summed E-state index contributed by atoms with van der Waals surface area (Å²) in [6.07, 6.45) is 9.06. The van der Waals surface area contributed by atoms with E-state index < -0.39 is 0 Å². The van der Waals surface area contributed by atoms with Gasteiger partial charge in [0, 0.05) is 36.3 Å². The lowest BCUT2D eigenvalue weighted by molar-refractivity contribution is -0.120. The Labute approximate surface area is 199 Å². The summed E-state index contributed by atoms with van der Waals surface area (Å²) in [6, 6.07) is 16.5. The van der Waals surface area contributed by atoms with Crippen molar-refractivity contribution in [1.29, 1.82) is 0 Å². The van der Waals surface area contributed by atoms with Crippen molar-refractivity contribution in [3.63, 3.8) is 0 Å². The molecule has 2 aliphatic rings. The van der Waals surface area contributed by atoms with Gasteiger partial charge in [-0.2, -0.15) is 0 Å². The number of benzene rings is 2. The largest absolute Gasteiger partial charge is 0.326 e. The minimum atomic E-state index is -0.0466. The number of carbonyl (C=O) groups excluding carboxylic acids is 1. The molecular formula is C29H41N3O. The molecule has 0 saturated carbocycles. The molecule has 0 spiro atoms. The Morgan fingerprint density at radius 1 is 1.09 bits per heavy atom. The summed E-state index contributed by atoms with van der Waals surface area (Å²) in [5.41, 5.74) is 12.0. The molecule has 178 valence electrons. The van der Waals surface area contributed by atoms with Crippen molar-refractivity contribution in [2.45, 2.75) is 96.8 Å². The minimum absolute atomic E-state index is 0.0466. The van der Waals surface area contributed by atoms with Crippen molar-refractivity contribution in [3.05, 3.63) is 64.7 Å². The van der Waals surface area contributed by atoms with Crippen molar-refractivity contribution >= 4 is 11.6 Å². The summed E-state index contributed by atoms with van der Waals surface area (Å²) in [6.45, 7) is 7.62. The maximum atomic E-state index is 13.0. The first kappa shape index (κ1) is 24.0. The summed E-state index contributed by atoms with van der Waals surface area (Å²) in [5, 5.41) is 3.25. The van der Waals surface area contributed by atoms with E-state index in [1.807, 2.05) is 0 Å². The van der Waals surface area contributed by atoms with E-state index in [9.17, 15) is 4.79 Å². The van der Waals surface area contributed by atoms with Crippen LogP contribution in [0.4, 0.5) is 5.69 Å². The first-order chi connectivity index (χ1) is 16.0. The lowest BCUT2D eigenvalue weighted by atomic mass is 9.82. The third kappa shape index (κ3) is 5.33. The maximum absolute atomic E-state index is 13.0. The molecule has 4 nitrogen and oxygen atoms in total. The average molecular weight is 448 g/mol. The fourth-order valence-corrected chi connectivity index (χ4v) is 6.09. The number of hydrogen-bond donors (Lipinski definition) is 2. The van der Waals surface area contributed by atoms with Crippen LogP contribution in [0.3, 0.4) is 0 Å². The van der Waals surface area contributed by atoms with Crippen LogP contribution >= 0.6 is 0 Å². The fourth-order valence-electron chi connectivity index (χ4n) is 6.09. The van der Waals surface area contributed by atoms with Crippen molar-refractivity contribution in [1.82, 2.24) is 4.90 Å². The van der Waals surface area contributed by atoms with E-state index in [1.165, 1.54) is 55.2 Å². The standard InChI is InChI=1S/C29H41N3O/c1-4-5-15-28(32-20(2)9-6-10-21(32)3)25-13-8-14-27-26(25)18-24(29(33)31-27)17-22-11-7-12-23(16-22)19-30/h7-8,11-14,16,20-21,24,28H,4-6,9-10,15,17-19,30H2,1-3H3,(H,31,33). The molecule has 33 heavy (non-hydrogen) atoms. The number of unbranched alkanes of at least 4 members (excludes halogenated alkanes) is 1. The van der Waals surface area contributed by atoms with Crippen LogP contribution in [-0.4, -0.2) is 22.9 Å². The number of fused-ring (bicyclic) bond motifs is 1. The molecule has 1 saturated heterocycles. The highest BCUT2D eigenvalue weighted by Gasteiger charge is 2.35. The predicted molar refractivity (Wildman–Crippen MR) is 137 cm³/mol. The molecule has 2 heterocycles. The Hall–Kier alpha value is -2.17. The van der Waals surface area contributed by atoms with Crippen LogP contribution in [0.25, 0.3) is 0 Å². The molecule has 4 heteroatoms. The second-order valence-corrected chi connectivity index (χ2v) is 10.2. The van der Waals surface area contributed by atoms with Crippen LogP contribution in [0, 0.1) is 5.92 Å². The molecule has 4 atom stereocenters. The molecule has 1 fully saturated rings. The van der Waals surface area contributed by atoms with Gasteiger partial charge in [-0.05, 0) is 74.3 Å². The normalized spacial score (nSPS) is 24.2. The summed E-state index contributed by atoms with van der Waals surface area (Å²) in [5.74, 6) is 0.0947. The Morgan fingerprint density at radius 3 is 2.55 bits per heavy atom. The van der Waals surface area contributed by atoms with E-state index in [2.05, 4.69) is 73.5 Å². The van der Waals surface area contributed by atoms with Crippen LogP contribution in [0.2, 0.25) is 0 Å². The number of nitrogens with zero attached hydrogens (tertiary/aromatic N) is 1. The Kier molecular flexibility index (Phi) is 7.87. The summed E-state index contributed by atoms with van der Waals surface area (Å²) < 4.78 is 0. The quantitative estimate of drug-likeness (QED) is 0.522. The van der Waals surface area contributed by atoms with Crippen LogP contribution < -0.4 is 11.1 Å². The second kappa shape index (κ2) is 10.8. The minimum Gasteiger partial charge on any atom is -0.326 e. The van der Waals surface area contributed by atoms with Gasteiger partial charge in [0.25, 0.3) is 0 Å². The number of hydrogen-bond acceptors (Lipinski definition) is 3. The molecule has 0 radical (unpaired) electrons. The van der Waals surface area contributed by atoms with Crippen LogP contribution in [-0.2, 0) is 24.2 Å². The molecule has 2 aromatic rings. The predicted octanol–water partition coefficient (Wildman–Crippen LogP) is 5.99. The van der Waals surface area contributed by atoms with Gasteiger partial charge >= 0.3 is 0 Å². The third-order valence-electron chi connectivity index (χ3n) is 7.81. The number of likely N-dealkylation sites (tertiary alicyclic amines) is 1. The van der Waals surface area contributed by atoms with Crippen LogP contribution in [0.5, 0.6) is 0 Å². The zero-order chi connectivity index (χ0) is 23.4. The summed E-state index contributed by atoms with van der Waals surface area (Å²) >= 11 is 0. The van der Waals surface area contributed by atoms with Gasteiger partial charge in [0.05, 0.1) is 0 Å². The van der Waals surface area contributed by atoms with Gasteiger partial charge in [-0.1, -0.05) is 62.6 Å². The van der Waals surface area contributed by atoms with Gasteiger partial charge < -0.3 is 11.1 Å². The van der Waals surface area contributed by atoms with Gasteiger partial charge in [0.15, 0.2) is 0 Å². The number of anilines is 1. The van der Waals surface area contributed by atoms with E-state index >= 15 is 0 Å². The van der Waals surface area contributed by atoms with Gasteiger partial charge in [0.1, 0.15) is 0 Å². The molecule has 3 N–H and O–H groups in total. The summed E-state index contributed by atoms with van der Waals surface area (Å²) in [4.78, 5) is 15.8. The number of amides is 1. The molecule has 0 aromatic heterocycles. The molecule has 2 aliphatic heterocycles. The Balaban J connectivity index is 1.65. The van der Waals surface area contributed by atoms with E-state index in [1.54, 1.807) is 0 Å². The van der Waals surface area contributed by atoms with Gasteiger partial charge in [0.2, 0.25) is 5.91 Å². The highest BCUT2D eigenvalue weighted by Crippen LogP contribution is 2.40. The molecule has 4 unspecified atom stereocenters. The Morgan fingerprint density at radius 2 is 1.82 bits per heavy atom. The molecule has 2 aromatic carbocycles. The fraction of sp³-hybridized carbons (Fsp3) is 0.552. The zero-order valence-corrected chi connectivity index (χ0v) is 20.6. The van der Waals surface area contributed by atoms with Gasteiger partial charge in [-0.15, -0.1) is 0 Å². The lowest BCUT2D eigenvalue weighted by Gasteiger charge is -2.45. The molecule has 0 bridgehead atoms. The van der Waals surface area contributed by atoms with Crippen LogP contribution in [0.15, 0.2) is 42.5 Å². The van der Waals surface area contributed by atoms with Crippen LogP contribution in [0.1, 0.15) is 87.6 Å². The van der Waals surface area contributed by atoms with Crippen molar-refractivity contribution in [3.8, 4) is 0 Å². The van der Waals surface area contributed by atoms with E-state index in [0.29, 0.717) is 24.7 Å². The molecule has 4 rings (SSSR count). The number of carbonyl (C=O) groups is 1. The van der Waals surface area contributed by atoms with E-state index in [4.69, 9.17) is 5.73 Å². The topological polar surface area (TPSA) is 58.4 Å². The second-order valence-electron chi connectivity index (χ2n) is 10.2. The average Bonchev–Trinajstić information content (AvgIpc) is 2.81. The molecule has 1 amide bonds. The smallest absolute Gasteiger partial charge is 0.228 e. The zero-order valence-electron chi connectivity index (χ0n) is 20.6. The lowest BCUT2D eigenvalue weighted by Crippen LogP contribution is -2.46. The number of piperidine rings is 1.